The highest BCUT2D eigenvalue weighted by Crippen LogP contribution is 2.33. The molecule has 3 aromatic rings. The molecule has 0 saturated heterocycles. The standard InChI is InChI=1S/C21H21ClN4O3S/c1-3-11-26-14-23-25-21(26)30-13-20(27)24-18-12-15(22)5-10-19(18)29-17-8-6-16(7-9-17)28-4-2/h3,5-10,12,14H,1,4,11,13H2,2H3,(H,24,27). The van der Waals surface area contributed by atoms with Crippen LogP contribution >= 0.6 is 23.4 Å². The Morgan fingerprint density at radius 3 is 2.77 bits per heavy atom. The minimum Gasteiger partial charge on any atom is -0.494 e. The summed E-state index contributed by atoms with van der Waals surface area (Å²) in [6.07, 6.45) is 3.34. The average molecular weight is 445 g/mol. The molecule has 9 heteroatoms. The molecule has 3 rings (SSSR count). The molecule has 7 nitrogen and oxygen atoms in total. The second-order valence-corrected chi connectivity index (χ2v) is 7.42. The zero-order valence-corrected chi connectivity index (χ0v) is 17.9. The summed E-state index contributed by atoms with van der Waals surface area (Å²) in [5.74, 6) is 1.80. The highest BCUT2D eigenvalue weighted by atomic mass is 35.5. The number of hydrogen-bond donors (Lipinski definition) is 1. The van der Waals surface area contributed by atoms with Crippen LogP contribution in [-0.4, -0.2) is 33.0 Å². The number of nitrogens with one attached hydrogen (secondary N) is 1. The maximum atomic E-state index is 12.5. The second kappa shape index (κ2) is 10.7. The highest BCUT2D eigenvalue weighted by Gasteiger charge is 2.12. The van der Waals surface area contributed by atoms with Gasteiger partial charge in [-0.2, -0.15) is 0 Å². The molecule has 1 aromatic heterocycles. The zero-order valence-electron chi connectivity index (χ0n) is 16.4. The van der Waals surface area contributed by atoms with Crippen molar-refractivity contribution in [1.29, 1.82) is 0 Å². The lowest BCUT2D eigenvalue weighted by Gasteiger charge is -2.13. The molecule has 0 bridgehead atoms. The largest absolute Gasteiger partial charge is 0.494 e. The first-order valence-electron chi connectivity index (χ1n) is 9.20. The van der Waals surface area contributed by atoms with E-state index in [9.17, 15) is 4.79 Å². The Bertz CT molecular complexity index is 1010. The number of thioether (sulfide) groups is 1. The fourth-order valence-electron chi connectivity index (χ4n) is 2.52. The van der Waals surface area contributed by atoms with Gasteiger partial charge in [-0.05, 0) is 49.4 Å². The normalized spacial score (nSPS) is 10.5. The Labute approximate surface area is 184 Å². The van der Waals surface area contributed by atoms with Gasteiger partial charge in [0.15, 0.2) is 10.9 Å². The Morgan fingerprint density at radius 1 is 1.27 bits per heavy atom. The van der Waals surface area contributed by atoms with Gasteiger partial charge in [-0.1, -0.05) is 29.4 Å². The summed E-state index contributed by atoms with van der Waals surface area (Å²) < 4.78 is 13.2. The van der Waals surface area contributed by atoms with Crippen LogP contribution < -0.4 is 14.8 Å². The molecule has 0 fully saturated rings. The van der Waals surface area contributed by atoms with Crippen LogP contribution in [0.1, 0.15) is 6.92 Å². The van der Waals surface area contributed by atoms with Gasteiger partial charge in [0.25, 0.3) is 0 Å². The number of ether oxygens (including phenoxy) is 2. The zero-order chi connectivity index (χ0) is 21.3. The number of aromatic nitrogens is 3. The van der Waals surface area contributed by atoms with Crippen LogP contribution in [-0.2, 0) is 11.3 Å². The van der Waals surface area contributed by atoms with E-state index >= 15 is 0 Å². The van der Waals surface area contributed by atoms with E-state index < -0.39 is 0 Å². The van der Waals surface area contributed by atoms with Gasteiger partial charge < -0.3 is 19.4 Å². The molecule has 0 spiro atoms. The molecular formula is C21H21ClN4O3S. The summed E-state index contributed by atoms with van der Waals surface area (Å²) in [6.45, 7) is 6.79. The molecule has 0 atom stereocenters. The molecule has 0 aliphatic carbocycles. The Morgan fingerprint density at radius 2 is 2.03 bits per heavy atom. The monoisotopic (exact) mass is 444 g/mol. The van der Waals surface area contributed by atoms with Crippen LogP contribution in [0.2, 0.25) is 5.02 Å². The van der Waals surface area contributed by atoms with Crippen LogP contribution in [0.5, 0.6) is 17.2 Å². The van der Waals surface area contributed by atoms with Crippen molar-refractivity contribution >= 4 is 35.0 Å². The first-order chi connectivity index (χ1) is 14.6. The third-order valence-corrected chi connectivity index (χ3v) is 5.03. The average Bonchev–Trinajstić information content (AvgIpc) is 3.17. The summed E-state index contributed by atoms with van der Waals surface area (Å²) in [5.41, 5.74) is 0.481. The van der Waals surface area contributed by atoms with Crippen molar-refractivity contribution in [3.8, 4) is 17.2 Å². The number of nitrogens with zero attached hydrogens (tertiary/aromatic N) is 3. The van der Waals surface area contributed by atoms with Crippen LogP contribution in [0, 0.1) is 0 Å². The van der Waals surface area contributed by atoms with E-state index in [0.29, 0.717) is 40.5 Å². The van der Waals surface area contributed by atoms with Crippen molar-refractivity contribution in [3.63, 3.8) is 0 Å². The fourth-order valence-corrected chi connectivity index (χ4v) is 3.42. The van der Waals surface area contributed by atoms with E-state index in [4.69, 9.17) is 21.1 Å². The third-order valence-electron chi connectivity index (χ3n) is 3.82. The van der Waals surface area contributed by atoms with Crippen LogP contribution in [0.15, 0.2) is 66.6 Å². The molecule has 0 unspecified atom stereocenters. The second-order valence-electron chi connectivity index (χ2n) is 6.04. The van der Waals surface area contributed by atoms with Crippen LogP contribution in [0.25, 0.3) is 0 Å². The summed E-state index contributed by atoms with van der Waals surface area (Å²) in [7, 11) is 0. The minimum absolute atomic E-state index is 0.158. The number of allylic oxidation sites excluding steroid dienone is 1. The van der Waals surface area contributed by atoms with Crippen LogP contribution in [0.3, 0.4) is 0 Å². The lowest BCUT2D eigenvalue weighted by molar-refractivity contribution is -0.113. The summed E-state index contributed by atoms with van der Waals surface area (Å²) >= 11 is 7.40. The predicted molar refractivity (Wildman–Crippen MR) is 119 cm³/mol. The first-order valence-corrected chi connectivity index (χ1v) is 10.6. The minimum atomic E-state index is -0.216. The van der Waals surface area contributed by atoms with Crippen molar-refractivity contribution in [2.45, 2.75) is 18.6 Å². The number of hydrogen-bond acceptors (Lipinski definition) is 6. The van der Waals surface area contributed by atoms with Gasteiger partial charge in [-0.25, -0.2) is 0 Å². The first kappa shape index (κ1) is 21.7. The van der Waals surface area contributed by atoms with Crippen molar-refractivity contribution in [2.75, 3.05) is 17.7 Å². The fraction of sp³-hybridized carbons (Fsp3) is 0.190. The quantitative estimate of drug-likeness (QED) is 0.348. The van der Waals surface area contributed by atoms with E-state index in [2.05, 4.69) is 22.1 Å². The Kier molecular flexibility index (Phi) is 7.75. The lowest BCUT2D eigenvalue weighted by Crippen LogP contribution is -2.15. The van der Waals surface area contributed by atoms with Crippen molar-refractivity contribution in [3.05, 3.63) is 66.5 Å². The SMILES string of the molecule is C=CCn1cnnc1SCC(=O)Nc1cc(Cl)ccc1Oc1ccc(OCC)cc1. The van der Waals surface area contributed by atoms with Gasteiger partial charge in [0.1, 0.15) is 17.8 Å². The number of carbonyl (C=O) groups excluding carboxylic acids is 1. The molecule has 1 heterocycles. The van der Waals surface area contributed by atoms with E-state index in [1.807, 2.05) is 23.6 Å². The summed E-state index contributed by atoms with van der Waals surface area (Å²) in [6, 6.07) is 12.3. The number of halogens is 1. The van der Waals surface area contributed by atoms with Crippen LogP contribution in [0.4, 0.5) is 5.69 Å². The van der Waals surface area contributed by atoms with Crippen molar-refractivity contribution in [2.24, 2.45) is 0 Å². The molecule has 0 saturated carbocycles. The van der Waals surface area contributed by atoms with E-state index in [0.717, 1.165) is 5.75 Å². The van der Waals surface area contributed by atoms with Gasteiger partial charge in [-0.3, -0.25) is 4.79 Å². The maximum Gasteiger partial charge on any atom is 0.234 e. The van der Waals surface area contributed by atoms with Crippen molar-refractivity contribution in [1.82, 2.24) is 14.8 Å². The Hall–Kier alpha value is -2.97. The molecule has 30 heavy (non-hydrogen) atoms. The number of carbonyl (C=O) groups is 1. The van der Waals surface area contributed by atoms with Crippen molar-refractivity contribution < 1.29 is 14.3 Å². The maximum absolute atomic E-state index is 12.5. The van der Waals surface area contributed by atoms with E-state index in [1.54, 1.807) is 42.7 Å². The molecule has 0 radical (unpaired) electrons. The molecule has 1 amide bonds. The van der Waals surface area contributed by atoms with Gasteiger partial charge >= 0.3 is 0 Å². The molecular weight excluding hydrogens is 424 g/mol. The van der Waals surface area contributed by atoms with Gasteiger partial charge in [-0.15, -0.1) is 16.8 Å². The van der Waals surface area contributed by atoms with E-state index in [-0.39, 0.29) is 11.7 Å². The summed E-state index contributed by atoms with van der Waals surface area (Å²) in [5, 5.41) is 11.8. The topological polar surface area (TPSA) is 78.3 Å². The number of anilines is 1. The number of rotatable bonds is 10. The predicted octanol–water partition coefficient (Wildman–Crippen LogP) is 5.04. The van der Waals surface area contributed by atoms with Gasteiger partial charge in [0.2, 0.25) is 5.91 Å². The molecule has 2 aromatic carbocycles. The summed E-state index contributed by atoms with van der Waals surface area (Å²) in [4.78, 5) is 12.5. The molecule has 0 aliphatic rings. The number of benzene rings is 2. The molecule has 156 valence electrons. The highest BCUT2D eigenvalue weighted by molar-refractivity contribution is 7.99. The number of amides is 1. The lowest BCUT2D eigenvalue weighted by atomic mass is 10.2. The molecule has 0 aliphatic heterocycles. The molecule has 1 N–H and O–H groups in total. The van der Waals surface area contributed by atoms with E-state index in [1.165, 1.54) is 11.8 Å². The third kappa shape index (κ3) is 6.01. The van der Waals surface area contributed by atoms with Gasteiger partial charge in [0.05, 0.1) is 18.0 Å². The Balaban J connectivity index is 1.66. The van der Waals surface area contributed by atoms with Gasteiger partial charge in [0, 0.05) is 11.6 Å². The smallest absolute Gasteiger partial charge is 0.234 e.